The van der Waals surface area contributed by atoms with Gasteiger partial charge in [0.25, 0.3) is 5.91 Å². The van der Waals surface area contributed by atoms with Crippen LogP contribution >= 0.6 is 0 Å². The molecule has 0 aliphatic heterocycles. The largest absolute Gasteiger partial charge is 0.546 e. The number of nitrogens with one attached hydrogen (secondary N) is 1. The lowest BCUT2D eigenvalue weighted by atomic mass is 10.2. The molecule has 0 atom stereocenters. The van der Waals surface area contributed by atoms with Crippen LogP contribution in [-0.2, 0) is 4.79 Å². The van der Waals surface area contributed by atoms with E-state index in [2.05, 4.69) is 10.5 Å². The Morgan fingerprint density at radius 1 is 1.13 bits per heavy atom. The van der Waals surface area contributed by atoms with Crippen LogP contribution in [0.25, 0.3) is 0 Å². The van der Waals surface area contributed by atoms with Gasteiger partial charge >= 0.3 is 0 Å². The lowest BCUT2D eigenvalue weighted by Crippen LogP contribution is -2.28. The van der Waals surface area contributed by atoms with Crippen LogP contribution in [0.2, 0.25) is 0 Å². The number of hydrogen-bond donors (Lipinski definition) is 2. The van der Waals surface area contributed by atoms with E-state index in [9.17, 15) is 14.7 Å². The number of phenols is 1. The molecule has 0 aliphatic carbocycles. The average Bonchev–Trinajstić information content (AvgIpc) is 2.54. The van der Waals surface area contributed by atoms with Gasteiger partial charge < -0.3 is 19.7 Å². The molecule has 2 aromatic carbocycles. The summed E-state index contributed by atoms with van der Waals surface area (Å²) < 4.78 is 4.94. The predicted octanol–water partition coefficient (Wildman–Crippen LogP) is 0.285. The molecule has 118 valence electrons. The third kappa shape index (κ3) is 5.16. The van der Waals surface area contributed by atoms with E-state index in [1.54, 1.807) is 24.3 Å². The number of carboxylic acid groups (broad SMARTS) is 1. The number of carboxylic acids is 1. The quantitative estimate of drug-likeness (QED) is 0.588. The monoisotopic (exact) mass is 313 g/mol. The number of benzene rings is 2. The Kier molecular flexibility index (Phi) is 5.30. The van der Waals surface area contributed by atoms with E-state index in [1.807, 2.05) is 0 Å². The van der Waals surface area contributed by atoms with Crippen molar-refractivity contribution in [1.29, 1.82) is 0 Å². The lowest BCUT2D eigenvalue weighted by molar-refractivity contribution is -0.307. The highest BCUT2D eigenvalue weighted by atomic mass is 16.5. The molecule has 2 N–H and O–H groups in total. The lowest BCUT2D eigenvalue weighted by Gasteiger charge is -2.06. The van der Waals surface area contributed by atoms with E-state index in [0.717, 1.165) is 0 Å². The maximum absolute atomic E-state index is 11.8. The molecule has 2 aromatic rings. The minimum atomic E-state index is -1.30. The minimum Gasteiger partial charge on any atom is -0.546 e. The second kappa shape index (κ2) is 7.60. The number of hydrazone groups is 1. The molecule has 1 amide bonds. The van der Waals surface area contributed by atoms with Gasteiger partial charge in [-0.1, -0.05) is 0 Å². The number of carbonyl (C=O) groups excluding carboxylic acids is 2. The van der Waals surface area contributed by atoms with E-state index in [1.165, 1.54) is 30.5 Å². The Labute approximate surface area is 131 Å². The molecule has 2 rings (SSSR count). The molecule has 0 unspecified atom stereocenters. The summed E-state index contributed by atoms with van der Waals surface area (Å²) in [6.45, 7) is -0.518. The van der Waals surface area contributed by atoms with Gasteiger partial charge in [-0.25, -0.2) is 5.43 Å². The van der Waals surface area contributed by atoms with Gasteiger partial charge in [-0.05, 0) is 54.1 Å². The van der Waals surface area contributed by atoms with Crippen molar-refractivity contribution in [2.24, 2.45) is 5.10 Å². The van der Waals surface area contributed by atoms with Crippen molar-refractivity contribution in [3.8, 4) is 11.5 Å². The van der Waals surface area contributed by atoms with E-state index >= 15 is 0 Å². The number of phenolic OH excluding ortho intramolecular Hbond substituents is 1. The first-order valence-corrected chi connectivity index (χ1v) is 6.60. The first-order valence-electron chi connectivity index (χ1n) is 6.60. The molecule has 0 spiro atoms. The van der Waals surface area contributed by atoms with Crippen LogP contribution in [0, 0.1) is 0 Å². The number of aliphatic carboxylic acids is 1. The fourth-order valence-corrected chi connectivity index (χ4v) is 1.64. The Morgan fingerprint density at radius 3 is 2.39 bits per heavy atom. The first kappa shape index (κ1) is 16.0. The zero-order valence-corrected chi connectivity index (χ0v) is 11.9. The van der Waals surface area contributed by atoms with Crippen molar-refractivity contribution in [2.45, 2.75) is 0 Å². The van der Waals surface area contributed by atoms with Crippen LogP contribution in [0.15, 0.2) is 53.6 Å². The van der Waals surface area contributed by atoms with Crippen LogP contribution in [-0.4, -0.2) is 29.8 Å². The van der Waals surface area contributed by atoms with Crippen LogP contribution < -0.4 is 15.3 Å². The van der Waals surface area contributed by atoms with Gasteiger partial charge in [0.2, 0.25) is 0 Å². The smallest absolute Gasteiger partial charge is 0.271 e. The molecule has 23 heavy (non-hydrogen) atoms. The number of aromatic hydroxyl groups is 1. The molecular formula is C16H13N2O5-. The second-order valence-corrected chi connectivity index (χ2v) is 4.48. The molecule has 0 saturated carbocycles. The Balaban J connectivity index is 1.88. The molecule has 7 heteroatoms. The summed E-state index contributed by atoms with van der Waals surface area (Å²) in [5, 5.41) is 23.2. The SMILES string of the molecule is O=C([O-])COc1ccc(/C=N\NC(=O)c2ccc(O)cc2)cc1. The van der Waals surface area contributed by atoms with Crippen LogP contribution in [0.1, 0.15) is 15.9 Å². The summed E-state index contributed by atoms with van der Waals surface area (Å²) in [5.41, 5.74) is 3.41. The number of rotatable bonds is 6. The molecule has 0 aromatic heterocycles. The fourth-order valence-electron chi connectivity index (χ4n) is 1.64. The summed E-state index contributed by atoms with van der Waals surface area (Å²) in [6.07, 6.45) is 1.43. The fraction of sp³-hybridized carbons (Fsp3) is 0.0625. The maximum Gasteiger partial charge on any atom is 0.271 e. The third-order valence-electron chi connectivity index (χ3n) is 2.75. The van der Waals surface area contributed by atoms with Gasteiger partial charge in [0.15, 0.2) is 0 Å². The Hall–Kier alpha value is -3.35. The normalized spacial score (nSPS) is 10.4. The standard InChI is InChI=1S/C16H14N2O5/c19-13-5-3-12(4-6-13)16(22)18-17-9-11-1-7-14(8-2-11)23-10-15(20)21/h1-9,19H,10H2,(H,18,22)(H,20,21)/p-1/b17-9-. The van der Waals surface area contributed by atoms with Gasteiger partial charge in [-0.2, -0.15) is 5.10 Å². The number of carbonyl (C=O) groups is 2. The highest BCUT2D eigenvalue weighted by Gasteiger charge is 2.03. The maximum atomic E-state index is 11.8. The van der Waals surface area contributed by atoms with Gasteiger partial charge in [-0.15, -0.1) is 0 Å². The first-order chi connectivity index (χ1) is 11.0. The summed E-state index contributed by atoms with van der Waals surface area (Å²) in [7, 11) is 0. The van der Waals surface area contributed by atoms with Crippen LogP contribution in [0.3, 0.4) is 0 Å². The molecular weight excluding hydrogens is 300 g/mol. The van der Waals surface area contributed by atoms with Crippen molar-refractivity contribution in [1.82, 2.24) is 5.43 Å². The van der Waals surface area contributed by atoms with Crippen molar-refractivity contribution in [3.63, 3.8) is 0 Å². The zero-order valence-electron chi connectivity index (χ0n) is 11.9. The molecule has 0 aliphatic rings. The van der Waals surface area contributed by atoms with Gasteiger partial charge in [-0.3, -0.25) is 4.79 Å². The highest BCUT2D eigenvalue weighted by Crippen LogP contribution is 2.11. The summed E-state index contributed by atoms with van der Waals surface area (Å²) >= 11 is 0. The third-order valence-corrected chi connectivity index (χ3v) is 2.75. The molecule has 0 radical (unpaired) electrons. The Bertz CT molecular complexity index is 708. The van der Waals surface area contributed by atoms with Crippen LogP contribution in [0.4, 0.5) is 0 Å². The van der Waals surface area contributed by atoms with Gasteiger partial charge in [0.05, 0.1) is 12.2 Å². The molecule has 7 nitrogen and oxygen atoms in total. The van der Waals surface area contributed by atoms with Crippen molar-refractivity contribution >= 4 is 18.1 Å². The molecule has 0 bridgehead atoms. The topological polar surface area (TPSA) is 111 Å². The van der Waals surface area contributed by atoms with E-state index in [0.29, 0.717) is 16.9 Å². The summed E-state index contributed by atoms with van der Waals surface area (Å²) in [5.74, 6) is -1.24. The molecule has 0 heterocycles. The predicted molar refractivity (Wildman–Crippen MR) is 80.1 cm³/mol. The zero-order chi connectivity index (χ0) is 16.7. The molecule has 0 saturated heterocycles. The summed E-state index contributed by atoms with van der Waals surface area (Å²) in [6, 6.07) is 12.2. The second-order valence-electron chi connectivity index (χ2n) is 4.48. The van der Waals surface area contributed by atoms with E-state index in [-0.39, 0.29) is 5.75 Å². The van der Waals surface area contributed by atoms with Crippen LogP contribution in [0.5, 0.6) is 11.5 Å². The number of amides is 1. The van der Waals surface area contributed by atoms with E-state index in [4.69, 9.17) is 9.84 Å². The Morgan fingerprint density at radius 2 is 1.78 bits per heavy atom. The summed E-state index contributed by atoms with van der Waals surface area (Å²) in [4.78, 5) is 22.0. The van der Waals surface area contributed by atoms with Gasteiger partial charge in [0, 0.05) is 5.56 Å². The average molecular weight is 313 g/mol. The number of hydrogen-bond acceptors (Lipinski definition) is 6. The van der Waals surface area contributed by atoms with Gasteiger partial charge in [0.1, 0.15) is 18.1 Å². The van der Waals surface area contributed by atoms with Crippen molar-refractivity contribution < 1.29 is 24.5 Å². The van der Waals surface area contributed by atoms with E-state index < -0.39 is 18.5 Å². The highest BCUT2D eigenvalue weighted by molar-refractivity contribution is 5.94. The van der Waals surface area contributed by atoms with Crippen molar-refractivity contribution in [3.05, 3.63) is 59.7 Å². The number of nitrogens with zero attached hydrogens (tertiary/aromatic N) is 1. The molecule has 0 fully saturated rings. The minimum absolute atomic E-state index is 0.0750. The number of ether oxygens (including phenoxy) is 1. The van der Waals surface area contributed by atoms with Crippen molar-refractivity contribution in [2.75, 3.05) is 6.61 Å².